The molecule has 3 aromatic rings. The van der Waals surface area contributed by atoms with Crippen molar-refractivity contribution >= 4 is 23.0 Å². The van der Waals surface area contributed by atoms with Gasteiger partial charge in [0.1, 0.15) is 4.64 Å². The van der Waals surface area contributed by atoms with Crippen molar-refractivity contribution in [1.29, 1.82) is 0 Å². The maximum atomic E-state index is 12.8. The standard InChI is InChI=1S/C15H9F3N2S/c16-15(17,18)14-19-12(8-13(21)20-14)11-7-3-5-9-4-1-2-6-10(9)11/h1-8H,(H,19,20,21). The largest absolute Gasteiger partial charge is 0.449 e. The Balaban J connectivity index is 2.29. The van der Waals surface area contributed by atoms with Gasteiger partial charge < -0.3 is 4.98 Å². The van der Waals surface area contributed by atoms with E-state index >= 15 is 0 Å². The lowest BCUT2D eigenvalue weighted by Crippen LogP contribution is -2.11. The van der Waals surface area contributed by atoms with E-state index in [2.05, 4.69) is 9.97 Å². The zero-order valence-corrected chi connectivity index (χ0v) is 11.4. The van der Waals surface area contributed by atoms with Crippen molar-refractivity contribution in [1.82, 2.24) is 9.97 Å². The lowest BCUT2D eigenvalue weighted by Gasteiger charge is -2.10. The number of fused-ring (bicyclic) bond motifs is 1. The summed E-state index contributed by atoms with van der Waals surface area (Å²) in [5.74, 6) is -1.09. The molecule has 0 unspecified atom stereocenters. The van der Waals surface area contributed by atoms with Gasteiger partial charge in [0.2, 0.25) is 5.82 Å². The molecule has 0 atom stereocenters. The van der Waals surface area contributed by atoms with Gasteiger partial charge in [-0.1, -0.05) is 54.7 Å². The fourth-order valence-corrected chi connectivity index (χ4v) is 2.41. The summed E-state index contributed by atoms with van der Waals surface area (Å²) in [4.78, 5) is 5.68. The van der Waals surface area contributed by atoms with Crippen LogP contribution in [-0.2, 0) is 6.18 Å². The molecule has 3 rings (SSSR count). The molecule has 0 fully saturated rings. The van der Waals surface area contributed by atoms with Gasteiger partial charge in [-0.25, -0.2) is 4.98 Å². The van der Waals surface area contributed by atoms with Gasteiger partial charge in [0, 0.05) is 5.56 Å². The Morgan fingerprint density at radius 2 is 1.71 bits per heavy atom. The molecule has 0 amide bonds. The molecule has 106 valence electrons. The molecule has 2 nitrogen and oxygen atoms in total. The van der Waals surface area contributed by atoms with Crippen LogP contribution in [0.25, 0.3) is 22.0 Å². The highest BCUT2D eigenvalue weighted by Gasteiger charge is 2.34. The average molecular weight is 306 g/mol. The smallest absolute Gasteiger partial charge is 0.335 e. The first-order valence-corrected chi connectivity index (χ1v) is 6.53. The monoisotopic (exact) mass is 306 g/mol. The molecular formula is C15H9F3N2S. The van der Waals surface area contributed by atoms with Crippen LogP contribution in [0.3, 0.4) is 0 Å². The van der Waals surface area contributed by atoms with E-state index in [1.54, 1.807) is 12.1 Å². The van der Waals surface area contributed by atoms with E-state index < -0.39 is 12.0 Å². The molecular weight excluding hydrogens is 297 g/mol. The molecule has 0 aliphatic rings. The van der Waals surface area contributed by atoms with Gasteiger partial charge in [0.25, 0.3) is 0 Å². The highest BCUT2D eigenvalue weighted by Crippen LogP contribution is 2.31. The highest BCUT2D eigenvalue weighted by atomic mass is 32.1. The van der Waals surface area contributed by atoms with Gasteiger partial charge in [0.05, 0.1) is 5.69 Å². The quantitative estimate of drug-likeness (QED) is 0.642. The maximum absolute atomic E-state index is 12.8. The van der Waals surface area contributed by atoms with E-state index in [9.17, 15) is 13.2 Å². The van der Waals surface area contributed by atoms with Gasteiger partial charge in [-0.3, -0.25) is 0 Å². The minimum absolute atomic E-state index is 0.0935. The number of hydrogen-bond donors (Lipinski definition) is 1. The second kappa shape index (κ2) is 4.96. The van der Waals surface area contributed by atoms with Crippen LogP contribution in [0.15, 0.2) is 48.5 Å². The van der Waals surface area contributed by atoms with Crippen molar-refractivity contribution < 1.29 is 13.2 Å². The highest BCUT2D eigenvalue weighted by molar-refractivity contribution is 7.71. The van der Waals surface area contributed by atoms with Gasteiger partial charge in [-0.2, -0.15) is 13.2 Å². The van der Waals surface area contributed by atoms with E-state index in [1.165, 1.54) is 6.07 Å². The number of halogens is 3. The number of nitrogens with zero attached hydrogens (tertiary/aromatic N) is 1. The lowest BCUT2D eigenvalue weighted by atomic mass is 10.0. The van der Waals surface area contributed by atoms with E-state index in [0.29, 0.717) is 11.3 Å². The maximum Gasteiger partial charge on any atom is 0.449 e. The number of aromatic nitrogens is 2. The van der Waals surface area contributed by atoms with Crippen molar-refractivity contribution in [2.24, 2.45) is 0 Å². The van der Waals surface area contributed by atoms with Crippen LogP contribution < -0.4 is 0 Å². The van der Waals surface area contributed by atoms with E-state index in [4.69, 9.17) is 12.2 Å². The van der Waals surface area contributed by atoms with Crippen LogP contribution in [0.2, 0.25) is 0 Å². The molecule has 0 bridgehead atoms. The number of H-pyrrole nitrogens is 1. The van der Waals surface area contributed by atoms with Gasteiger partial charge >= 0.3 is 6.18 Å². The summed E-state index contributed by atoms with van der Waals surface area (Å²) >= 11 is 4.85. The molecule has 0 aliphatic heterocycles. The Morgan fingerprint density at radius 1 is 1.00 bits per heavy atom. The van der Waals surface area contributed by atoms with Gasteiger partial charge in [0.15, 0.2) is 0 Å². The third-order valence-electron chi connectivity index (χ3n) is 3.09. The third-order valence-corrected chi connectivity index (χ3v) is 3.30. The summed E-state index contributed by atoms with van der Waals surface area (Å²) in [5.41, 5.74) is 0.964. The Labute approximate surface area is 123 Å². The Morgan fingerprint density at radius 3 is 2.48 bits per heavy atom. The molecule has 0 spiro atoms. The normalized spacial score (nSPS) is 11.8. The first-order valence-electron chi connectivity index (χ1n) is 6.12. The van der Waals surface area contributed by atoms with Gasteiger partial charge in [-0.05, 0) is 16.8 Å². The first kappa shape index (κ1) is 13.8. The van der Waals surface area contributed by atoms with Crippen molar-refractivity contribution in [3.8, 4) is 11.3 Å². The Bertz CT molecular complexity index is 863. The van der Waals surface area contributed by atoms with Crippen molar-refractivity contribution in [3.05, 3.63) is 59.0 Å². The molecule has 1 aromatic heterocycles. The summed E-state index contributed by atoms with van der Waals surface area (Å²) in [6.45, 7) is 0. The van der Waals surface area contributed by atoms with E-state index in [0.717, 1.165) is 10.8 Å². The average Bonchev–Trinajstić information content (AvgIpc) is 2.45. The van der Waals surface area contributed by atoms with Crippen LogP contribution in [-0.4, -0.2) is 9.97 Å². The number of alkyl halides is 3. The summed E-state index contributed by atoms with van der Waals surface area (Å²) in [6, 6.07) is 14.4. The lowest BCUT2D eigenvalue weighted by molar-refractivity contribution is -0.144. The van der Waals surface area contributed by atoms with E-state index in [1.807, 2.05) is 30.3 Å². The zero-order valence-electron chi connectivity index (χ0n) is 10.6. The number of rotatable bonds is 1. The van der Waals surface area contributed by atoms with Gasteiger partial charge in [-0.15, -0.1) is 0 Å². The van der Waals surface area contributed by atoms with Crippen molar-refractivity contribution in [3.63, 3.8) is 0 Å². The fourth-order valence-electron chi connectivity index (χ4n) is 2.20. The number of benzene rings is 2. The number of aromatic amines is 1. The topological polar surface area (TPSA) is 28.7 Å². The van der Waals surface area contributed by atoms with Crippen LogP contribution >= 0.6 is 12.2 Å². The zero-order chi connectivity index (χ0) is 15.0. The molecule has 2 aromatic carbocycles. The SMILES string of the molecule is FC(F)(F)c1nc(=S)cc(-c2cccc3ccccc23)[nH]1. The second-order valence-corrected chi connectivity index (χ2v) is 4.92. The Kier molecular flexibility index (Phi) is 3.25. The molecule has 1 N–H and O–H groups in total. The summed E-state index contributed by atoms with van der Waals surface area (Å²) in [6.07, 6.45) is -4.56. The van der Waals surface area contributed by atoms with Crippen LogP contribution in [0, 0.1) is 4.64 Å². The molecule has 0 radical (unpaired) electrons. The fraction of sp³-hybridized carbons (Fsp3) is 0.0667. The number of hydrogen-bond acceptors (Lipinski definition) is 2. The second-order valence-electron chi connectivity index (χ2n) is 4.51. The first-order chi connectivity index (χ1) is 9.95. The predicted molar refractivity (Wildman–Crippen MR) is 77.4 cm³/mol. The minimum Gasteiger partial charge on any atom is -0.335 e. The van der Waals surface area contributed by atoms with Crippen LogP contribution in [0.5, 0.6) is 0 Å². The molecule has 0 saturated heterocycles. The van der Waals surface area contributed by atoms with Crippen LogP contribution in [0.4, 0.5) is 13.2 Å². The van der Waals surface area contributed by atoms with Crippen LogP contribution in [0.1, 0.15) is 5.82 Å². The van der Waals surface area contributed by atoms with E-state index in [-0.39, 0.29) is 4.64 Å². The van der Waals surface area contributed by atoms with Crippen molar-refractivity contribution in [2.75, 3.05) is 0 Å². The molecule has 21 heavy (non-hydrogen) atoms. The Hall–Kier alpha value is -2.21. The molecule has 0 aliphatic carbocycles. The summed E-state index contributed by atoms with van der Waals surface area (Å²) < 4.78 is 38.4. The minimum atomic E-state index is -4.56. The summed E-state index contributed by atoms with van der Waals surface area (Å²) in [7, 11) is 0. The predicted octanol–water partition coefficient (Wildman–Crippen LogP) is 4.98. The molecule has 1 heterocycles. The molecule has 6 heteroatoms. The number of nitrogens with one attached hydrogen (secondary N) is 1. The van der Waals surface area contributed by atoms with Crippen molar-refractivity contribution in [2.45, 2.75) is 6.18 Å². The summed E-state index contributed by atoms with van der Waals surface area (Å²) in [5, 5.41) is 1.80. The third kappa shape index (κ3) is 2.67. The molecule has 0 saturated carbocycles.